The normalized spacial score (nSPS) is 27.9. The molecular formula is C51H61N4O13PS. The van der Waals surface area contributed by atoms with Gasteiger partial charge in [-0.1, -0.05) is 117 Å². The lowest BCUT2D eigenvalue weighted by Gasteiger charge is -2.49. The first-order valence-electron chi connectivity index (χ1n) is 22.7. The first-order valence-corrected chi connectivity index (χ1v) is 25.0. The molecule has 5 aromatic rings. The highest BCUT2D eigenvalue weighted by Gasteiger charge is 2.63. The minimum atomic E-state index is -1.80. The van der Waals surface area contributed by atoms with E-state index in [0.717, 1.165) is 11.1 Å². The van der Waals surface area contributed by atoms with Crippen LogP contribution >= 0.6 is 8.60 Å². The largest absolute Gasteiger partial charge is 0.470 e. The highest BCUT2D eigenvalue weighted by molar-refractivity contribution is 7.86. The van der Waals surface area contributed by atoms with Crippen LogP contribution in [0.25, 0.3) is 0 Å². The average molecular weight is 1000 g/mol. The number of hydrogen-bond donors (Lipinski definition) is 3. The number of fused-ring (bicyclic) bond motifs is 4. The van der Waals surface area contributed by atoms with Gasteiger partial charge in [-0.2, -0.15) is 0 Å². The third-order valence-electron chi connectivity index (χ3n) is 13.4. The van der Waals surface area contributed by atoms with Gasteiger partial charge < -0.3 is 47.4 Å². The summed E-state index contributed by atoms with van der Waals surface area (Å²) in [6.07, 6.45) is 6.00. The molecule has 17 nitrogen and oxygen atoms in total. The maximum atomic E-state index is 14.0. The van der Waals surface area contributed by atoms with E-state index in [-0.39, 0.29) is 36.1 Å². The highest BCUT2D eigenvalue weighted by Crippen LogP contribution is 2.54. The molecular weight excluding hydrogens is 940 g/mol. The van der Waals surface area contributed by atoms with Crippen LogP contribution in [0.1, 0.15) is 69.3 Å². The molecule has 3 N–H and O–H groups in total. The van der Waals surface area contributed by atoms with Crippen LogP contribution < -0.4 is 9.47 Å². The van der Waals surface area contributed by atoms with Crippen LogP contribution in [0, 0.1) is 23.7 Å². The zero-order chi connectivity index (χ0) is 50.5. The molecule has 0 radical (unpaired) electrons. The van der Waals surface area contributed by atoms with Gasteiger partial charge in [0.05, 0.1) is 34.2 Å². The van der Waals surface area contributed by atoms with Gasteiger partial charge in [0, 0.05) is 49.9 Å². The third-order valence-corrected chi connectivity index (χ3v) is 16.1. The summed E-state index contributed by atoms with van der Waals surface area (Å²) < 4.78 is 50.3. The molecule has 19 heteroatoms. The predicted molar refractivity (Wildman–Crippen MR) is 260 cm³/mol. The van der Waals surface area contributed by atoms with Crippen molar-refractivity contribution < 1.29 is 61.2 Å². The predicted octanol–water partition coefficient (Wildman–Crippen LogP) is 6.90. The number of rotatable bonds is 13. The van der Waals surface area contributed by atoms with E-state index >= 15 is 0 Å². The summed E-state index contributed by atoms with van der Waals surface area (Å²) in [4.78, 5) is 31.7. The van der Waals surface area contributed by atoms with Crippen molar-refractivity contribution in [3.8, 4) is 11.8 Å². The zero-order valence-corrected chi connectivity index (χ0v) is 42.3. The summed E-state index contributed by atoms with van der Waals surface area (Å²) in [7, 11) is 9.48. The first kappa shape index (κ1) is 52.6. The van der Waals surface area contributed by atoms with E-state index in [1.807, 2.05) is 129 Å². The Hall–Kier alpha value is -5.24. The molecule has 3 aromatic carbocycles. The number of carbonyl (C=O) groups is 2. The smallest absolute Gasteiger partial charge is 0.331 e. The topological polar surface area (TPSA) is 217 Å². The van der Waals surface area contributed by atoms with Gasteiger partial charge in [-0.15, -0.1) is 0 Å². The van der Waals surface area contributed by atoms with E-state index in [2.05, 4.69) is 23.9 Å². The molecule has 0 saturated carbocycles. The van der Waals surface area contributed by atoms with Crippen molar-refractivity contribution in [3.05, 3.63) is 149 Å². The third kappa shape index (κ3) is 9.99. The fraction of sp³-hybridized carbons (Fsp3) is 0.412. The van der Waals surface area contributed by atoms with Crippen LogP contribution in [-0.2, 0) is 37.6 Å². The molecule has 0 amide bonds. The van der Waals surface area contributed by atoms with Crippen molar-refractivity contribution in [1.82, 2.24) is 20.1 Å². The van der Waals surface area contributed by atoms with Crippen molar-refractivity contribution in [2.45, 2.75) is 66.6 Å². The van der Waals surface area contributed by atoms with Crippen molar-refractivity contribution in [1.29, 1.82) is 0 Å². The molecule has 11 atom stereocenters. The second kappa shape index (κ2) is 22.5. The van der Waals surface area contributed by atoms with Crippen LogP contribution in [0.2, 0.25) is 0 Å². The monoisotopic (exact) mass is 1000 g/mol. The SMILES string of the molecule is COP(OC)OC.C[C@@H]1C=C[C@H](O)[C@H]2[C@H](N(C)C)c3onc(OCc4ccccc4)c3C(=O)[C@]21O.C[C@@H]1[C@H](S(=O)c2ccccc2)C=C[C@H]2[C@H](N(C)C)c3onc(OCc4ccccc4)c3C(=O)[C@@]12O. The van der Waals surface area contributed by atoms with Gasteiger partial charge in [0.1, 0.15) is 35.5 Å². The molecule has 4 aliphatic rings. The minimum Gasteiger partial charge on any atom is -0.470 e. The van der Waals surface area contributed by atoms with Crippen molar-refractivity contribution in [2.24, 2.45) is 23.7 Å². The Morgan fingerprint density at radius 1 is 0.657 bits per heavy atom. The fourth-order valence-electron chi connectivity index (χ4n) is 9.77. The van der Waals surface area contributed by atoms with Crippen LogP contribution in [0.3, 0.4) is 0 Å². The van der Waals surface area contributed by atoms with Gasteiger partial charge >= 0.3 is 8.60 Å². The fourth-order valence-corrected chi connectivity index (χ4v) is 11.8. The van der Waals surface area contributed by atoms with E-state index in [1.54, 1.807) is 59.5 Å². The number of benzene rings is 3. The lowest BCUT2D eigenvalue weighted by Crippen LogP contribution is -2.62. The number of nitrogens with zero attached hydrogens (tertiary/aromatic N) is 4. The molecule has 70 heavy (non-hydrogen) atoms. The number of aliphatic hydroxyl groups excluding tert-OH is 1. The van der Waals surface area contributed by atoms with E-state index in [9.17, 15) is 29.1 Å². The van der Waals surface area contributed by atoms with Gasteiger partial charge in [0.25, 0.3) is 11.8 Å². The van der Waals surface area contributed by atoms with E-state index in [1.165, 1.54) is 0 Å². The first-order chi connectivity index (χ1) is 33.5. The number of aromatic nitrogens is 2. The molecule has 0 aliphatic heterocycles. The zero-order valence-electron chi connectivity index (χ0n) is 40.6. The molecule has 2 aromatic heterocycles. The second-order valence-electron chi connectivity index (χ2n) is 17.9. The van der Waals surface area contributed by atoms with Crippen LogP contribution in [0.15, 0.2) is 129 Å². The van der Waals surface area contributed by atoms with Gasteiger partial charge in [0.2, 0.25) is 11.6 Å². The Balaban J connectivity index is 0.000000185. The molecule has 4 aliphatic carbocycles. The van der Waals surface area contributed by atoms with Crippen LogP contribution in [-0.4, -0.2) is 123 Å². The van der Waals surface area contributed by atoms with Gasteiger partial charge in [-0.25, -0.2) is 0 Å². The molecule has 0 fully saturated rings. The number of carbonyl (C=O) groups excluding carboxylic acids is 2. The van der Waals surface area contributed by atoms with Gasteiger partial charge in [-0.3, -0.25) is 23.6 Å². The maximum absolute atomic E-state index is 14.0. The number of ether oxygens (including phenoxy) is 2. The molecule has 374 valence electrons. The number of Topliss-reactive ketones (excluding diaryl/α,β-unsaturated/α-hetero) is 2. The highest BCUT2D eigenvalue weighted by atomic mass is 32.2. The van der Waals surface area contributed by atoms with Crippen molar-refractivity contribution in [2.75, 3.05) is 49.5 Å². The Morgan fingerprint density at radius 3 is 1.57 bits per heavy atom. The van der Waals surface area contributed by atoms with Crippen molar-refractivity contribution in [3.63, 3.8) is 0 Å². The molecule has 0 saturated heterocycles. The van der Waals surface area contributed by atoms with E-state index < -0.39 is 89.3 Å². The van der Waals surface area contributed by atoms with Crippen LogP contribution in [0.4, 0.5) is 0 Å². The van der Waals surface area contributed by atoms with E-state index in [4.69, 9.17) is 18.5 Å². The quantitative estimate of drug-likeness (QED) is 0.0807. The van der Waals surface area contributed by atoms with Crippen molar-refractivity contribution >= 4 is 31.0 Å². The lowest BCUT2D eigenvalue weighted by molar-refractivity contribution is -0.101. The molecule has 0 spiro atoms. The molecule has 0 bridgehead atoms. The number of aliphatic hydroxyl groups is 3. The van der Waals surface area contributed by atoms with Gasteiger partial charge in [0.15, 0.2) is 11.5 Å². The summed E-state index contributed by atoms with van der Waals surface area (Å²) in [5.74, 6) is -2.67. The lowest BCUT2D eigenvalue weighted by atomic mass is 9.61. The van der Waals surface area contributed by atoms with Crippen LogP contribution in [0.5, 0.6) is 11.8 Å². The van der Waals surface area contributed by atoms with Gasteiger partial charge in [-0.05, 0) is 61.8 Å². The Bertz CT molecular complexity index is 2640. The maximum Gasteiger partial charge on any atom is 0.331 e. The molecule has 1 unspecified atom stereocenters. The summed E-state index contributed by atoms with van der Waals surface area (Å²) in [6.45, 7) is 3.98. The number of ketones is 2. The standard InChI is InChI=1S/C27H28N2O5S.C21H24N2O5.C3H9O3P/c1-17-21(35(32)19-12-8-5-9-13-19)15-14-20-23(29(2)3)24-22(25(30)27(17,20)31)26(28-34-24)33-16-18-10-6-4-7-11-18;1-12-9-10-14(24)16-17(23(2)3)18-15(19(25)21(12,16)26)20(22-28-18)27-11-13-7-5-4-6-8-13;1-4-7(5-2)6-3/h4-15,17,20-21,23,31H,16H2,1-3H3;4-10,12,14,16-17,24,26H,11H2,1-3H3;1-3H3/t17-,20+,21-,23+,27-,35?;12-,14+,16+,17+,21-;/m11./s1. The Kier molecular flexibility index (Phi) is 16.9. The molecule has 9 rings (SSSR count). The van der Waals surface area contributed by atoms with E-state index in [0.29, 0.717) is 16.4 Å². The average Bonchev–Trinajstić information content (AvgIpc) is 3.99. The molecule has 2 heterocycles. The Labute approximate surface area is 411 Å². The number of hydrogen-bond acceptors (Lipinski definition) is 17. The summed E-state index contributed by atoms with van der Waals surface area (Å²) in [5, 5.41) is 41.7. The summed E-state index contributed by atoms with van der Waals surface area (Å²) in [5.41, 5.74) is -1.42. The summed E-state index contributed by atoms with van der Waals surface area (Å²) >= 11 is 0. The minimum absolute atomic E-state index is 0.0649. The summed E-state index contributed by atoms with van der Waals surface area (Å²) in [6, 6.07) is 27.2. The Morgan fingerprint density at radius 2 is 1.11 bits per heavy atom. The second-order valence-corrected chi connectivity index (χ2v) is 21.0.